The highest BCUT2D eigenvalue weighted by Crippen LogP contribution is 2.41. The van der Waals surface area contributed by atoms with Gasteiger partial charge in [-0.1, -0.05) is 129 Å². The quantitative estimate of drug-likeness (QED) is 0.206. The Labute approximate surface area is 247 Å². The van der Waals surface area contributed by atoms with Gasteiger partial charge in [-0.05, 0) is 87.7 Å². The van der Waals surface area contributed by atoms with Crippen LogP contribution in [0.4, 0.5) is 0 Å². The Bertz CT molecular complexity index is 1990. The highest BCUT2D eigenvalue weighted by molar-refractivity contribution is 7.26. The molecule has 1 aromatic heterocycles. The molecule has 1 heterocycles. The molecule has 0 spiro atoms. The van der Waals surface area contributed by atoms with Gasteiger partial charge in [-0.3, -0.25) is 0 Å². The van der Waals surface area contributed by atoms with Crippen molar-refractivity contribution in [3.05, 3.63) is 145 Å². The highest BCUT2D eigenvalue weighted by atomic mass is 32.1. The van der Waals surface area contributed by atoms with Gasteiger partial charge >= 0.3 is 0 Å². The Morgan fingerprint density at radius 2 is 0.927 bits per heavy atom. The minimum absolute atomic E-state index is 1.23. The molecule has 0 fully saturated rings. The SMILES string of the molecule is CC.Cc1ccccc1-c1cccc(-c2cccc(-c3cccc(-c4cccc5c4sc4ccccc45)c3)c2)c1C. The van der Waals surface area contributed by atoms with E-state index in [2.05, 4.69) is 147 Å². The Hall–Kier alpha value is -4.46. The lowest BCUT2D eigenvalue weighted by Gasteiger charge is -2.15. The molecule has 0 saturated heterocycles. The van der Waals surface area contributed by atoms with Crippen LogP contribution in [0.25, 0.3) is 64.7 Å². The molecule has 6 aromatic carbocycles. The second kappa shape index (κ2) is 11.6. The van der Waals surface area contributed by atoms with Crippen molar-refractivity contribution in [3.8, 4) is 44.5 Å². The largest absolute Gasteiger partial charge is 0.135 e. The van der Waals surface area contributed by atoms with Crippen molar-refractivity contribution in [1.82, 2.24) is 0 Å². The van der Waals surface area contributed by atoms with Crippen molar-refractivity contribution in [2.75, 3.05) is 0 Å². The summed E-state index contributed by atoms with van der Waals surface area (Å²) in [5.74, 6) is 0. The maximum atomic E-state index is 2.34. The predicted molar refractivity (Wildman–Crippen MR) is 182 cm³/mol. The molecule has 41 heavy (non-hydrogen) atoms. The van der Waals surface area contributed by atoms with Crippen LogP contribution in [-0.2, 0) is 0 Å². The van der Waals surface area contributed by atoms with Crippen LogP contribution in [-0.4, -0.2) is 0 Å². The smallest absolute Gasteiger partial charge is 0.0433 e. The van der Waals surface area contributed by atoms with Crippen molar-refractivity contribution in [2.45, 2.75) is 27.7 Å². The maximum absolute atomic E-state index is 2.34. The predicted octanol–water partition coefficient (Wildman–Crippen LogP) is 12.4. The van der Waals surface area contributed by atoms with E-state index in [-0.39, 0.29) is 0 Å². The van der Waals surface area contributed by atoms with Crippen molar-refractivity contribution in [2.24, 2.45) is 0 Å². The molecular formula is C40H34S. The topological polar surface area (TPSA) is 0 Å². The Morgan fingerprint density at radius 3 is 1.68 bits per heavy atom. The van der Waals surface area contributed by atoms with Crippen molar-refractivity contribution >= 4 is 31.5 Å². The molecule has 7 rings (SSSR count). The summed E-state index contributed by atoms with van der Waals surface area (Å²) in [6, 6.07) is 48.7. The van der Waals surface area contributed by atoms with E-state index in [1.165, 1.54) is 75.8 Å². The fourth-order valence-electron chi connectivity index (χ4n) is 5.82. The molecule has 0 aliphatic heterocycles. The van der Waals surface area contributed by atoms with Gasteiger partial charge < -0.3 is 0 Å². The summed E-state index contributed by atoms with van der Waals surface area (Å²) in [6.45, 7) is 8.43. The van der Waals surface area contributed by atoms with Crippen LogP contribution in [0.2, 0.25) is 0 Å². The van der Waals surface area contributed by atoms with Gasteiger partial charge in [-0.2, -0.15) is 0 Å². The van der Waals surface area contributed by atoms with E-state index in [4.69, 9.17) is 0 Å². The maximum Gasteiger partial charge on any atom is 0.0433 e. The molecule has 0 aliphatic carbocycles. The zero-order valence-electron chi connectivity index (χ0n) is 24.1. The van der Waals surface area contributed by atoms with E-state index < -0.39 is 0 Å². The molecule has 0 radical (unpaired) electrons. The second-order valence-electron chi connectivity index (χ2n) is 10.2. The lowest BCUT2D eigenvalue weighted by Crippen LogP contribution is -1.91. The molecule has 0 unspecified atom stereocenters. The zero-order chi connectivity index (χ0) is 28.3. The van der Waals surface area contributed by atoms with Gasteiger partial charge in [-0.15, -0.1) is 11.3 Å². The van der Waals surface area contributed by atoms with Crippen LogP contribution in [0.15, 0.2) is 133 Å². The van der Waals surface area contributed by atoms with Gasteiger partial charge in [0, 0.05) is 20.2 Å². The number of fused-ring (bicyclic) bond motifs is 3. The molecule has 0 N–H and O–H groups in total. The first kappa shape index (κ1) is 26.7. The van der Waals surface area contributed by atoms with Gasteiger partial charge in [-0.25, -0.2) is 0 Å². The lowest BCUT2D eigenvalue weighted by atomic mass is 9.90. The van der Waals surface area contributed by atoms with Gasteiger partial charge in [0.25, 0.3) is 0 Å². The summed E-state index contributed by atoms with van der Waals surface area (Å²) >= 11 is 1.89. The van der Waals surface area contributed by atoms with Crippen LogP contribution < -0.4 is 0 Å². The van der Waals surface area contributed by atoms with E-state index in [9.17, 15) is 0 Å². The van der Waals surface area contributed by atoms with Gasteiger partial charge in [0.15, 0.2) is 0 Å². The first-order chi connectivity index (χ1) is 20.2. The van der Waals surface area contributed by atoms with Crippen LogP contribution >= 0.6 is 11.3 Å². The Kier molecular flexibility index (Phi) is 7.55. The number of rotatable bonds is 4. The molecule has 1 heteroatoms. The minimum Gasteiger partial charge on any atom is -0.135 e. The zero-order valence-corrected chi connectivity index (χ0v) is 24.9. The molecule has 0 saturated carbocycles. The van der Waals surface area contributed by atoms with Gasteiger partial charge in [0.05, 0.1) is 0 Å². The summed E-state index contributed by atoms with van der Waals surface area (Å²) in [4.78, 5) is 0. The molecular weight excluding hydrogens is 513 g/mol. The van der Waals surface area contributed by atoms with Crippen molar-refractivity contribution in [1.29, 1.82) is 0 Å². The molecule has 0 aliphatic rings. The normalized spacial score (nSPS) is 10.9. The van der Waals surface area contributed by atoms with E-state index in [1.807, 2.05) is 25.2 Å². The van der Waals surface area contributed by atoms with Crippen LogP contribution in [0.3, 0.4) is 0 Å². The fourth-order valence-corrected chi connectivity index (χ4v) is 7.06. The summed E-state index contributed by atoms with van der Waals surface area (Å²) in [5.41, 5.74) is 12.8. The van der Waals surface area contributed by atoms with E-state index in [0.29, 0.717) is 0 Å². The molecule has 7 aromatic rings. The van der Waals surface area contributed by atoms with Crippen LogP contribution in [0.1, 0.15) is 25.0 Å². The van der Waals surface area contributed by atoms with E-state index in [1.54, 1.807) is 0 Å². The number of benzene rings is 6. The number of hydrogen-bond donors (Lipinski definition) is 0. The third kappa shape index (κ3) is 4.99. The number of thiophene rings is 1. The Morgan fingerprint density at radius 1 is 0.415 bits per heavy atom. The summed E-state index contributed by atoms with van der Waals surface area (Å²) in [7, 11) is 0. The number of hydrogen-bond acceptors (Lipinski definition) is 1. The van der Waals surface area contributed by atoms with E-state index >= 15 is 0 Å². The summed E-state index contributed by atoms with van der Waals surface area (Å²) in [6.07, 6.45) is 0. The minimum atomic E-state index is 1.23. The Balaban J connectivity index is 0.00000148. The number of aryl methyl sites for hydroxylation is 1. The van der Waals surface area contributed by atoms with Crippen molar-refractivity contribution in [3.63, 3.8) is 0 Å². The first-order valence-corrected chi connectivity index (χ1v) is 15.3. The third-order valence-electron chi connectivity index (χ3n) is 7.85. The molecule has 0 atom stereocenters. The monoisotopic (exact) mass is 546 g/mol. The first-order valence-electron chi connectivity index (χ1n) is 14.4. The van der Waals surface area contributed by atoms with Gasteiger partial charge in [0.1, 0.15) is 0 Å². The van der Waals surface area contributed by atoms with Crippen LogP contribution in [0.5, 0.6) is 0 Å². The lowest BCUT2D eigenvalue weighted by molar-refractivity contribution is 1.40. The summed E-state index contributed by atoms with van der Waals surface area (Å²) < 4.78 is 2.69. The third-order valence-corrected chi connectivity index (χ3v) is 9.07. The second-order valence-corrected chi connectivity index (χ2v) is 11.3. The highest BCUT2D eigenvalue weighted by Gasteiger charge is 2.13. The van der Waals surface area contributed by atoms with Crippen LogP contribution in [0, 0.1) is 13.8 Å². The molecule has 0 nitrogen and oxygen atoms in total. The van der Waals surface area contributed by atoms with Crippen molar-refractivity contribution < 1.29 is 0 Å². The molecule has 0 amide bonds. The fraction of sp³-hybridized carbons (Fsp3) is 0.100. The summed E-state index contributed by atoms with van der Waals surface area (Å²) in [5, 5.41) is 2.68. The molecule has 200 valence electrons. The van der Waals surface area contributed by atoms with Gasteiger partial charge in [0.2, 0.25) is 0 Å². The average molecular weight is 547 g/mol. The molecule has 0 bridgehead atoms. The average Bonchev–Trinajstić information content (AvgIpc) is 3.42. The standard InChI is InChI=1S/C38H28S.C2H6/c1-25-11-3-4-16-31(25)33-19-9-18-32(26(33)2)29-14-7-12-27(23-29)28-13-8-15-30(24-28)34-20-10-21-36-35-17-5-6-22-37(35)39-38(34)36;1-2/h3-24H,1-2H3;1-2H3. The van der Waals surface area contributed by atoms with E-state index in [0.717, 1.165) is 0 Å².